The largest absolute Gasteiger partial charge is 0.505 e. The molecule has 0 amide bonds. The van der Waals surface area contributed by atoms with Crippen molar-refractivity contribution in [2.24, 2.45) is 51.2 Å². The van der Waals surface area contributed by atoms with Crippen molar-refractivity contribution in [1.29, 1.82) is 0 Å². The van der Waals surface area contributed by atoms with Crippen LogP contribution in [-0.2, 0) is 70.6 Å². The average molecular weight is 1350 g/mol. The van der Waals surface area contributed by atoms with E-state index in [1.165, 1.54) is 0 Å². The van der Waals surface area contributed by atoms with Gasteiger partial charge in [-0.15, -0.1) is 35.8 Å². The van der Waals surface area contributed by atoms with Crippen LogP contribution < -0.4 is 16.0 Å². The van der Waals surface area contributed by atoms with Crippen LogP contribution in [0.15, 0.2) is 166 Å². The van der Waals surface area contributed by atoms with Crippen LogP contribution >= 0.6 is 0 Å². The molecule has 0 heterocycles. The number of aromatic carboxylic acids is 2. The quantitative estimate of drug-likeness (QED) is 0.0265. The summed E-state index contributed by atoms with van der Waals surface area (Å²) in [5, 5.41) is 88.1. The minimum absolute atomic E-state index is 0.292. The van der Waals surface area contributed by atoms with Gasteiger partial charge in [-0.3, -0.25) is 22.8 Å². The molecule has 8 rings (SSSR count). The molecule has 0 aliphatic rings. The van der Waals surface area contributed by atoms with E-state index in [1.807, 2.05) is 0 Å². The monoisotopic (exact) mass is 1350 g/mol. The Bertz CT molecular complexity index is 5470. The Morgan fingerprint density at radius 1 is 0.375 bits per heavy atom. The Morgan fingerprint density at radius 3 is 1.23 bits per heavy atom. The molecule has 0 saturated heterocycles. The fourth-order valence-electron chi connectivity index (χ4n) is 8.14. The Kier molecular flexibility index (Phi) is 16.3. The smallest absolute Gasteiger partial charge is 0.338 e. The number of phenols is 3. The van der Waals surface area contributed by atoms with Gasteiger partial charge in [-0.1, -0.05) is 0 Å². The van der Waals surface area contributed by atoms with Crippen molar-refractivity contribution in [3.8, 4) is 17.2 Å². The second-order valence-electron chi connectivity index (χ2n) is 17.6. The maximum absolute atomic E-state index is 13.1. The molecule has 0 spiro atoms. The number of aromatic hydroxyl groups is 3. The molecule has 44 heteroatoms. The molecule has 0 atom stereocenters. The van der Waals surface area contributed by atoms with Crippen LogP contribution in [-0.4, -0.2) is 119 Å². The Labute approximate surface area is 490 Å². The van der Waals surface area contributed by atoms with Gasteiger partial charge in [0, 0.05) is 21.5 Å². The summed E-state index contributed by atoms with van der Waals surface area (Å²) < 4.78 is 227. The van der Waals surface area contributed by atoms with E-state index in [2.05, 4.69) is 40.9 Å². The number of benzene rings is 8. The highest BCUT2D eigenvalue weighted by atomic mass is 32.2. The van der Waals surface area contributed by atoms with E-state index < -0.39 is 218 Å². The molecule has 0 fully saturated rings. The van der Waals surface area contributed by atoms with Gasteiger partial charge < -0.3 is 31.3 Å². The zero-order valence-electron chi connectivity index (χ0n) is 42.3. The molecule has 0 bridgehead atoms. The fraction of sp³-hybridized carbons (Fsp3) is 0. The Hall–Kier alpha value is -9.55. The maximum Gasteiger partial charge on any atom is 0.338 e. The van der Waals surface area contributed by atoms with Crippen LogP contribution in [0, 0.1) is 0 Å². The summed E-state index contributed by atoms with van der Waals surface area (Å²) in [6.07, 6.45) is 0. The van der Waals surface area contributed by atoms with Gasteiger partial charge in [0.2, 0.25) is 20.0 Å². The molecule has 88 heavy (non-hydrogen) atoms. The molecule has 0 aliphatic carbocycles. The number of nitrogens with two attached hydrogens (primary N) is 3. The first kappa shape index (κ1) is 64.4. The summed E-state index contributed by atoms with van der Waals surface area (Å²) in [7, 11) is -37.1. The molecule has 8 aromatic carbocycles. The number of azo groups is 4. The Balaban J connectivity index is 1.26. The number of nitrogen functional groups attached to an aromatic ring is 1. The highest BCUT2D eigenvalue weighted by Gasteiger charge is 2.32. The van der Waals surface area contributed by atoms with Crippen LogP contribution in [0.25, 0.3) is 32.3 Å². The fourth-order valence-corrected chi connectivity index (χ4v) is 12.7. The lowest BCUT2D eigenvalue weighted by Crippen LogP contribution is -2.13. The van der Waals surface area contributed by atoms with E-state index in [0.29, 0.717) is 42.5 Å². The average Bonchev–Trinajstić information content (AvgIpc) is 0.907. The molecule has 16 N–H and O–H groups in total. The van der Waals surface area contributed by atoms with Crippen molar-refractivity contribution in [3.63, 3.8) is 0 Å². The molecular formula is C44H31N11O26S7. The number of phenolic OH excluding ortho intramolecular Hbond substituents is 3. The Morgan fingerprint density at radius 2 is 0.773 bits per heavy atom. The lowest BCUT2D eigenvalue weighted by molar-refractivity contribution is 0.0686. The standard InChI is InChI=1S/C44H31N11O26S7/c45-35-29(52-51-28-8-5-21-22(42(28)88(79,80)81)13-32(86(73,74)75)37(40(21)57)55-50-27-7-3-19(83(47,65)66)12-24(27)44(61)62)15-30(84(67,68)69)25-14-33(87(76,77)78)38(41(58)34(25)35)53-48-17-1-4-20-16(9-17)10-31(85(70,71)72)36(39(20)56)54-49-26-6-2-18(82(46,63)64)11-23(26)43(59)60/h1-15,56-58H,45H2,(H,59,60)(H,61,62)(H2,46,63,64)(H2,47,65,66)(H,67,68,69)(H,70,71,72)(H,73,74,75)(H,76,77,78)(H,79,80,81). The van der Waals surface area contributed by atoms with Crippen LogP contribution in [0.5, 0.6) is 17.2 Å². The van der Waals surface area contributed by atoms with Crippen molar-refractivity contribution >= 4 is 166 Å². The molecule has 0 aromatic heterocycles. The highest BCUT2D eigenvalue weighted by molar-refractivity contribution is 7.89. The van der Waals surface area contributed by atoms with Crippen LogP contribution in [0.2, 0.25) is 0 Å². The third-order valence-corrected chi connectivity index (χ3v) is 18.2. The third kappa shape index (κ3) is 12.8. The number of primary sulfonamides is 2. The lowest BCUT2D eigenvalue weighted by Gasteiger charge is -2.15. The topological polar surface area (TPSA) is 652 Å². The summed E-state index contributed by atoms with van der Waals surface area (Å²) >= 11 is 0. The zero-order chi connectivity index (χ0) is 65.5. The number of fused-ring (bicyclic) bond motifs is 3. The number of hydrogen-bond acceptors (Lipinski definition) is 28. The third-order valence-electron chi connectivity index (χ3n) is 12.0. The minimum Gasteiger partial charge on any atom is -0.505 e. The number of carbonyl (C=O) groups is 2. The molecule has 0 radical (unpaired) electrons. The van der Waals surface area contributed by atoms with E-state index in [0.717, 1.165) is 48.5 Å². The number of sulfonamides is 2. The van der Waals surface area contributed by atoms with Gasteiger partial charge in [0.15, 0.2) is 17.2 Å². The second kappa shape index (κ2) is 22.3. The van der Waals surface area contributed by atoms with Gasteiger partial charge in [-0.25, -0.2) is 36.7 Å². The summed E-state index contributed by atoms with van der Waals surface area (Å²) in [6, 6.07) is 10.2. The van der Waals surface area contributed by atoms with Gasteiger partial charge in [-0.2, -0.15) is 47.2 Å². The summed E-state index contributed by atoms with van der Waals surface area (Å²) in [5.41, 5.74) is -3.65. The number of nitrogens with zero attached hydrogens (tertiary/aromatic N) is 8. The predicted molar refractivity (Wildman–Crippen MR) is 297 cm³/mol. The van der Waals surface area contributed by atoms with E-state index in [4.69, 9.17) is 16.0 Å². The highest BCUT2D eigenvalue weighted by Crippen LogP contribution is 2.51. The lowest BCUT2D eigenvalue weighted by atomic mass is 10.0. The van der Waals surface area contributed by atoms with Crippen LogP contribution in [0.1, 0.15) is 20.7 Å². The zero-order valence-corrected chi connectivity index (χ0v) is 48.0. The van der Waals surface area contributed by atoms with Crippen molar-refractivity contribution in [3.05, 3.63) is 102 Å². The molecule has 0 saturated carbocycles. The van der Waals surface area contributed by atoms with Gasteiger partial charge >= 0.3 is 11.9 Å². The van der Waals surface area contributed by atoms with Crippen LogP contribution in [0.4, 0.5) is 51.2 Å². The van der Waals surface area contributed by atoms with Crippen LogP contribution in [0.3, 0.4) is 0 Å². The normalized spacial score (nSPS) is 13.3. The minimum atomic E-state index is -5.75. The summed E-state index contributed by atoms with van der Waals surface area (Å²) in [6.45, 7) is 0. The van der Waals surface area contributed by atoms with E-state index in [-0.39, 0.29) is 10.8 Å². The molecular weight excluding hydrogens is 1320 g/mol. The molecule has 0 unspecified atom stereocenters. The summed E-state index contributed by atoms with van der Waals surface area (Å²) in [4.78, 5) is 15.5. The van der Waals surface area contributed by atoms with Crippen molar-refractivity contribution < 1.29 is 117 Å². The van der Waals surface area contributed by atoms with Crippen molar-refractivity contribution in [1.82, 2.24) is 0 Å². The second-order valence-corrected chi connectivity index (χ2v) is 27.6. The number of rotatable bonds is 17. The molecule has 0 aliphatic heterocycles. The van der Waals surface area contributed by atoms with Gasteiger partial charge in [-0.05, 0) is 96.4 Å². The number of carboxylic acid groups (broad SMARTS) is 2. The first-order valence-corrected chi connectivity index (χ1v) is 32.8. The van der Waals surface area contributed by atoms with Gasteiger partial charge in [0.05, 0.1) is 37.7 Å². The summed E-state index contributed by atoms with van der Waals surface area (Å²) in [5.74, 6) is -7.47. The van der Waals surface area contributed by atoms with Crippen molar-refractivity contribution in [2.75, 3.05) is 5.73 Å². The first-order chi connectivity index (χ1) is 40.4. The molecule has 8 aromatic rings. The van der Waals surface area contributed by atoms with E-state index in [9.17, 15) is 117 Å². The van der Waals surface area contributed by atoms with Gasteiger partial charge in [0.25, 0.3) is 50.6 Å². The molecule has 37 nitrogen and oxygen atoms in total. The van der Waals surface area contributed by atoms with Gasteiger partial charge in [0.1, 0.15) is 64.3 Å². The number of hydrogen-bond donors (Lipinski definition) is 13. The SMILES string of the molecule is Nc1c(N=Nc2ccc3c(O)c(N=Nc4ccc(S(N)(=O)=O)cc4C(=O)O)c(S(=O)(=O)O)cc3c2S(=O)(=O)O)cc(S(=O)(=O)O)c2cc(S(=O)(=O)O)c(N=Nc3ccc4c(O)c(N=Nc5ccc(S(N)(=O)=O)cc5C(=O)O)c(S(=O)(=O)O)cc4c3)c(O)c12. The van der Waals surface area contributed by atoms with Crippen molar-refractivity contribution in [2.45, 2.75) is 34.3 Å². The van der Waals surface area contributed by atoms with E-state index >= 15 is 0 Å². The van der Waals surface area contributed by atoms with E-state index in [1.54, 1.807) is 0 Å². The maximum atomic E-state index is 13.1. The number of anilines is 1. The first-order valence-electron chi connectivity index (χ1n) is 22.5. The molecule has 460 valence electrons. The number of carboxylic acids is 2. The predicted octanol–water partition coefficient (Wildman–Crippen LogP) is 6.43.